The van der Waals surface area contributed by atoms with Crippen LogP contribution < -0.4 is 36.5 Å². The molecule has 49 heavy (non-hydrogen) atoms. The summed E-state index contributed by atoms with van der Waals surface area (Å²) in [6.07, 6.45) is 0. The van der Waals surface area contributed by atoms with Crippen LogP contribution in [0.2, 0.25) is 0 Å². The van der Waals surface area contributed by atoms with Crippen LogP contribution in [0.15, 0.2) is 179 Å². The van der Waals surface area contributed by atoms with Gasteiger partial charge in [0.15, 0.2) is 18.9 Å². The molecule has 7 aromatic carbocycles. The van der Waals surface area contributed by atoms with E-state index in [2.05, 4.69) is 118 Å². The molecule has 0 saturated heterocycles. The fourth-order valence-corrected chi connectivity index (χ4v) is 13.5. The van der Waals surface area contributed by atoms with E-state index in [1.807, 2.05) is 60.7 Å². The topological polar surface area (TPSA) is 41.8 Å². The van der Waals surface area contributed by atoms with Crippen LogP contribution in [0.25, 0.3) is 38.1 Å². The first-order valence-electron chi connectivity index (χ1n) is 16.5. The van der Waals surface area contributed by atoms with Crippen molar-refractivity contribution in [2.24, 2.45) is 0 Å². The van der Waals surface area contributed by atoms with Crippen LogP contribution in [0.3, 0.4) is 0 Å². The molecule has 0 aliphatic carbocycles. The molecule has 0 N–H and O–H groups in total. The standard InChI is InChI=1S/C44H28N2O2Si/c47-43-32-19-7-9-21-36(32)46-37-22-10-8-20-33(37)44(48)35-28-29(27-34(43)42(35)46)45-38-23-11-13-25-40(38)49(30-15-3-1-4-16-30,31-17-5-2-6-18-31)41-26-14-12-24-39(41)45/h1-28H. The molecule has 0 unspecified atom stereocenters. The number of fused-ring (bicyclic) bond motifs is 6. The fourth-order valence-electron chi connectivity index (χ4n) is 8.41. The summed E-state index contributed by atoms with van der Waals surface area (Å²) in [6.45, 7) is 0. The Kier molecular flexibility index (Phi) is 5.87. The Morgan fingerprint density at radius 3 is 1.31 bits per heavy atom. The van der Waals surface area contributed by atoms with Crippen LogP contribution in [-0.2, 0) is 0 Å². The molecule has 9 aromatic rings. The average molecular weight is 645 g/mol. The SMILES string of the molecule is O=c1c2ccccc2n2c3ccccc3c(=O)c3cc(N4c5ccccc5[Si](c5ccccc5)(c5ccccc5)c5ccccc54)cc1c32. The summed E-state index contributed by atoms with van der Waals surface area (Å²) in [4.78, 5) is 31.1. The summed E-state index contributed by atoms with van der Waals surface area (Å²) in [7, 11) is -2.81. The molecular weight excluding hydrogens is 617 g/mol. The Morgan fingerprint density at radius 1 is 0.408 bits per heavy atom. The lowest BCUT2D eigenvalue weighted by molar-refractivity contribution is 1.28. The van der Waals surface area contributed by atoms with Gasteiger partial charge >= 0.3 is 0 Å². The van der Waals surface area contributed by atoms with Gasteiger partial charge in [-0.05, 0) is 69.3 Å². The highest BCUT2D eigenvalue weighted by molar-refractivity contribution is 7.21. The fraction of sp³-hybridized carbons (Fsp3) is 0. The van der Waals surface area contributed by atoms with Crippen molar-refractivity contribution >= 4 is 84.0 Å². The van der Waals surface area contributed by atoms with Gasteiger partial charge in [0.2, 0.25) is 0 Å². The molecule has 230 valence electrons. The van der Waals surface area contributed by atoms with Gasteiger partial charge in [-0.15, -0.1) is 0 Å². The lowest BCUT2D eigenvalue weighted by Gasteiger charge is -2.45. The summed E-state index contributed by atoms with van der Waals surface area (Å²) >= 11 is 0. The Hall–Kier alpha value is -6.30. The molecule has 0 saturated carbocycles. The molecule has 2 aromatic heterocycles. The van der Waals surface area contributed by atoms with Gasteiger partial charge < -0.3 is 9.30 Å². The van der Waals surface area contributed by atoms with Crippen molar-refractivity contribution in [1.82, 2.24) is 4.40 Å². The number of hydrogen-bond acceptors (Lipinski definition) is 3. The molecular formula is C44H28N2O2Si. The third kappa shape index (κ3) is 3.68. The Balaban J connectivity index is 1.37. The van der Waals surface area contributed by atoms with E-state index in [0.717, 1.165) is 28.1 Å². The van der Waals surface area contributed by atoms with Gasteiger partial charge in [0.05, 0.1) is 16.6 Å². The van der Waals surface area contributed by atoms with Crippen molar-refractivity contribution in [3.05, 3.63) is 190 Å². The maximum atomic E-state index is 14.4. The maximum Gasteiger partial charge on any atom is 0.197 e. The highest BCUT2D eigenvalue weighted by Crippen LogP contribution is 2.40. The van der Waals surface area contributed by atoms with Crippen LogP contribution in [0.1, 0.15) is 0 Å². The lowest BCUT2D eigenvalue weighted by atomic mass is 10.0. The largest absolute Gasteiger partial charge is 0.311 e. The van der Waals surface area contributed by atoms with Gasteiger partial charge in [-0.2, -0.15) is 0 Å². The van der Waals surface area contributed by atoms with Crippen LogP contribution in [0.4, 0.5) is 17.1 Å². The molecule has 0 atom stereocenters. The highest BCUT2D eigenvalue weighted by atomic mass is 28.3. The van der Waals surface area contributed by atoms with E-state index in [0.29, 0.717) is 27.1 Å². The average Bonchev–Trinajstić information content (AvgIpc) is 3.17. The quantitative estimate of drug-likeness (QED) is 0.122. The first-order chi connectivity index (χ1) is 24.2. The predicted molar refractivity (Wildman–Crippen MR) is 205 cm³/mol. The summed E-state index contributed by atoms with van der Waals surface area (Å²) in [5.41, 5.74) is 4.99. The number of nitrogens with zero attached hydrogens (tertiary/aromatic N) is 2. The van der Waals surface area contributed by atoms with Crippen molar-refractivity contribution in [2.45, 2.75) is 0 Å². The Labute approximate surface area is 282 Å². The van der Waals surface area contributed by atoms with Crippen molar-refractivity contribution in [2.75, 3.05) is 4.90 Å². The smallest absolute Gasteiger partial charge is 0.197 e. The van der Waals surface area contributed by atoms with Gasteiger partial charge in [-0.3, -0.25) is 9.59 Å². The third-order valence-corrected chi connectivity index (χ3v) is 15.2. The van der Waals surface area contributed by atoms with Crippen molar-refractivity contribution in [3.63, 3.8) is 0 Å². The molecule has 0 amide bonds. The van der Waals surface area contributed by atoms with E-state index in [9.17, 15) is 9.59 Å². The van der Waals surface area contributed by atoms with Gasteiger partial charge in [0, 0.05) is 38.6 Å². The van der Waals surface area contributed by atoms with Gasteiger partial charge in [-0.25, -0.2) is 0 Å². The minimum atomic E-state index is -2.81. The zero-order valence-electron chi connectivity index (χ0n) is 26.4. The second-order valence-corrected chi connectivity index (χ2v) is 16.5. The summed E-state index contributed by atoms with van der Waals surface area (Å²) in [5, 5.41) is 7.43. The van der Waals surface area contributed by atoms with Crippen LogP contribution >= 0.6 is 0 Å². The van der Waals surface area contributed by atoms with Crippen molar-refractivity contribution in [1.29, 1.82) is 0 Å². The van der Waals surface area contributed by atoms with Crippen LogP contribution in [0.5, 0.6) is 0 Å². The van der Waals surface area contributed by atoms with E-state index in [-0.39, 0.29) is 10.9 Å². The van der Waals surface area contributed by atoms with Crippen molar-refractivity contribution < 1.29 is 0 Å². The number of pyridine rings is 2. The number of anilines is 3. The number of hydrogen-bond donors (Lipinski definition) is 0. The molecule has 3 heterocycles. The minimum absolute atomic E-state index is 0.0759. The second-order valence-electron chi connectivity index (χ2n) is 12.8. The number of para-hydroxylation sites is 4. The van der Waals surface area contributed by atoms with Gasteiger partial charge in [-0.1, -0.05) is 121 Å². The van der Waals surface area contributed by atoms with E-state index in [4.69, 9.17) is 0 Å². The number of aromatic nitrogens is 1. The third-order valence-electron chi connectivity index (χ3n) is 10.4. The zero-order chi connectivity index (χ0) is 32.7. The highest BCUT2D eigenvalue weighted by Gasteiger charge is 2.48. The number of rotatable bonds is 3. The van der Waals surface area contributed by atoms with E-state index in [1.54, 1.807) is 0 Å². The molecule has 0 spiro atoms. The molecule has 0 bridgehead atoms. The van der Waals surface area contributed by atoms with E-state index < -0.39 is 8.07 Å². The molecule has 10 rings (SSSR count). The molecule has 0 fully saturated rings. The minimum Gasteiger partial charge on any atom is -0.311 e. The van der Waals surface area contributed by atoms with E-state index in [1.165, 1.54) is 20.7 Å². The molecule has 4 nitrogen and oxygen atoms in total. The first kappa shape index (κ1) is 27.8. The second kappa shape index (κ2) is 10.3. The van der Waals surface area contributed by atoms with E-state index >= 15 is 0 Å². The molecule has 0 radical (unpaired) electrons. The predicted octanol–water partition coefficient (Wildman–Crippen LogP) is 6.72. The normalized spacial score (nSPS) is 13.6. The zero-order valence-corrected chi connectivity index (χ0v) is 27.4. The Bertz CT molecular complexity index is 2690. The lowest BCUT2D eigenvalue weighted by Crippen LogP contribution is -2.77. The number of benzene rings is 7. The first-order valence-corrected chi connectivity index (χ1v) is 18.5. The van der Waals surface area contributed by atoms with Gasteiger partial charge in [0.25, 0.3) is 0 Å². The molecule has 5 heteroatoms. The van der Waals surface area contributed by atoms with Crippen LogP contribution in [-0.4, -0.2) is 12.5 Å². The maximum absolute atomic E-state index is 14.4. The molecule has 1 aliphatic heterocycles. The van der Waals surface area contributed by atoms with Gasteiger partial charge in [0.1, 0.15) is 0 Å². The monoisotopic (exact) mass is 644 g/mol. The summed E-state index contributed by atoms with van der Waals surface area (Å²) in [5.74, 6) is 0. The summed E-state index contributed by atoms with van der Waals surface area (Å²) in [6, 6.07) is 58.5. The van der Waals surface area contributed by atoms with Crippen LogP contribution in [0, 0.1) is 0 Å². The Morgan fingerprint density at radius 2 is 0.816 bits per heavy atom. The van der Waals surface area contributed by atoms with Crippen molar-refractivity contribution in [3.8, 4) is 0 Å². The summed E-state index contributed by atoms with van der Waals surface area (Å²) < 4.78 is 2.10. The molecule has 1 aliphatic rings.